The summed E-state index contributed by atoms with van der Waals surface area (Å²) in [6.07, 6.45) is 4.00. The van der Waals surface area contributed by atoms with Gasteiger partial charge in [0.15, 0.2) is 0 Å². The maximum atomic E-state index is 12.9. The Hall–Kier alpha value is -1.83. The van der Waals surface area contributed by atoms with Crippen molar-refractivity contribution in [3.8, 4) is 0 Å². The highest BCUT2D eigenvalue weighted by Gasteiger charge is 2.06. The van der Waals surface area contributed by atoms with Crippen LogP contribution in [0.5, 0.6) is 0 Å². The Morgan fingerprint density at radius 1 is 1.11 bits per heavy atom. The maximum Gasteiger partial charge on any atom is 0.123 e. The smallest absolute Gasteiger partial charge is 0.123 e. The number of hydrogen-bond donors (Lipinski definition) is 0. The first kappa shape index (κ1) is 14.2. The van der Waals surface area contributed by atoms with E-state index in [9.17, 15) is 4.39 Å². The summed E-state index contributed by atoms with van der Waals surface area (Å²) < 4.78 is 12.9. The van der Waals surface area contributed by atoms with Gasteiger partial charge in [-0.1, -0.05) is 23.8 Å². The molecule has 0 aliphatic rings. The number of hydrogen-bond acceptors (Lipinski definition) is 1. The minimum Gasteiger partial charge on any atom is -0.345 e. The molecule has 0 N–H and O–H groups in total. The number of halogens is 1. The third kappa shape index (κ3) is 3.88. The summed E-state index contributed by atoms with van der Waals surface area (Å²) in [4.78, 5) is 2.04. The predicted octanol–water partition coefficient (Wildman–Crippen LogP) is 4.69. The molecule has 1 nitrogen and oxygen atoms in total. The molecule has 0 amide bonds. The van der Waals surface area contributed by atoms with E-state index in [-0.39, 0.29) is 5.82 Å². The zero-order chi connectivity index (χ0) is 13.7. The van der Waals surface area contributed by atoms with E-state index >= 15 is 0 Å². The molecule has 18 heavy (non-hydrogen) atoms. The fourth-order valence-corrected chi connectivity index (χ4v) is 1.64. The van der Waals surface area contributed by atoms with Gasteiger partial charge in [-0.15, -0.1) is 0 Å². The number of nitrogens with zero attached hydrogens (tertiary/aromatic N) is 1. The Morgan fingerprint density at radius 2 is 1.67 bits per heavy atom. The summed E-state index contributed by atoms with van der Waals surface area (Å²) in [5.41, 5.74) is 4.24. The summed E-state index contributed by atoms with van der Waals surface area (Å²) in [6, 6.07) is 6.48. The number of anilines is 1. The summed E-state index contributed by atoms with van der Waals surface area (Å²) >= 11 is 0. The second-order valence-corrected chi connectivity index (χ2v) is 4.60. The van der Waals surface area contributed by atoms with Crippen LogP contribution in [0, 0.1) is 5.82 Å². The van der Waals surface area contributed by atoms with Crippen molar-refractivity contribution in [2.45, 2.75) is 20.8 Å². The van der Waals surface area contributed by atoms with Gasteiger partial charge in [0, 0.05) is 18.4 Å². The Labute approximate surface area is 109 Å². The van der Waals surface area contributed by atoms with Gasteiger partial charge in [-0.2, -0.15) is 0 Å². The highest BCUT2D eigenvalue weighted by Crippen LogP contribution is 2.21. The highest BCUT2D eigenvalue weighted by atomic mass is 19.1. The second kappa shape index (κ2) is 6.20. The summed E-state index contributed by atoms with van der Waals surface area (Å²) in [6.45, 7) is 9.92. The molecule has 96 valence electrons. The Balaban J connectivity index is 3.05. The van der Waals surface area contributed by atoms with E-state index in [0.717, 1.165) is 17.0 Å². The SMILES string of the molecule is C=C(C)/C=C\C(=C(C)C)N(C)c1ccc(F)cc1. The Bertz CT molecular complexity index is 476. The molecule has 0 aliphatic heterocycles. The molecule has 1 aromatic carbocycles. The third-order valence-electron chi connectivity index (χ3n) is 2.61. The molecule has 0 unspecified atom stereocenters. The first-order valence-corrected chi connectivity index (χ1v) is 5.92. The molecule has 0 saturated heterocycles. The van der Waals surface area contributed by atoms with Crippen LogP contribution in [-0.4, -0.2) is 7.05 Å². The molecule has 0 aliphatic carbocycles. The zero-order valence-electron chi connectivity index (χ0n) is 11.5. The van der Waals surface area contributed by atoms with Crippen LogP contribution in [0.4, 0.5) is 10.1 Å². The first-order valence-electron chi connectivity index (χ1n) is 5.92. The van der Waals surface area contributed by atoms with E-state index in [1.165, 1.54) is 17.7 Å². The van der Waals surface area contributed by atoms with Crippen LogP contribution in [0.15, 0.2) is 59.8 Å². The van der Waals surface area contributed by atoms with Crippen LogP contribution in [-0.2, 0) is 0 Å². The van der Waals surface area contributed by atoms with Gasteiger partial charge < -0.3 is 4.90 Å². The lowest BCUT2D eigenvalue weighted by Crippen LogP contribution is -2.16. The van der Waals surface area contributed by atoms with Crippen molar-refractivity contribution in [2.24, 2.45) is 0 Å². The third-order valence-corrected chi connectivity index (χ3v) is 2.61. The van der Waals surface area contributed by atoms with Crippen molar-refractivity contribution in [3.05, 3.63) is 65.7 Å². The molecule has 0 bridgehead atoms. The molecule has 0 heterocycles. The molecule has 0 atom stereocenters. The van der Waals surface area contributed by atoms with Gasteiger partial charge in [0.2, 0.25) is 0 Å². The standard InChI is InChI=1S/C16H20FN/c1-12(2)6-11-16(13(3)4)18(5)15-9-7-14(17)8-10-15/h6-11H,1H2,2-5H3/b11-6-. The Kier molecular flexibility index (Phi) is 4.90. The van der Waals surface area contributed by atoms with Gasteiger partial charge in [0.25, 0.3) is 0 Å². The highest BCUT2D eigenvalue weighted by molar-refractivity contribution is 5.55. The summed E-state index contributed by atoms with van der Waals surface area (Å²) in [5.74, 6) is -0.219. The van der Waals surface area contributed by atoms with Crippen molar-refractivity contribution in [1.29, 1.82) is 0 Å². The molecule has 0 saturated carbocycles. The molecule has 0 aromatic heterocycles. The largest absolute Gasteiger partial charge is 0.345 e. The average molecular weight is 245 g/mol. The summed E-state index contributed by atoms with van der Waals surface area (Å²) in [5, 5.41) is 0. The molecule has 0 spiro atoms. The van der Waals surface area contributed by atoms with E-state index < -0.39 is 0 Å². The van der Waals surface area contributed by atoms with Crippen LogP contribution in [0.3, 0.4) is 0 Å². The molecule has 1 aromatic rings. The zero-order valence-corrected chi connectivity index (χ0v) is 11.5. The Morgan fingerprint density at radius 3 is 2.11 bits per heavy atom. The normalized spacial score (nSPS) is 10.5. The number of likely N-dealkylation sites (N-methyl/N-ethyl adjacent to an activating group) is 1. The van der Waals surface area contributed by atoms with Gasteiger partial charge in [-0.3, -0.25) is 0 Å². The number of allylic oxidation sites excluding steroid dienone is 4. The van der Waals surface area contributed by atoms with E-state index in [4.69, 9.17) is 0 Å². The molecular formula is C16H20FN. The molecule has 2 heteroatoms. The van der Waals surface area contributed by atoms with Crippen LogP contribution < -0.4 is 4.90 Å². The quantitative estimate of drug-likeness (QED) is 0.696. The maximum absolute atomic E-state index is 12.9. The van der Waals surface area contributed by atoms with Crippen LogP contribution in [0.1, 0.15) is 20.8 Å². The van der Waals surface area contributed by atoms with Gasteiger partial charge in [0.05, 0.1) is 0 Å². The number of rotatable bonds is 4. The fraction of sp³-hybridized carbons (Fsp3) is 0.250. The minimum absolute atomic E-state index is 0.219. The van der Waals surface area contributed by atoms with Gasteiger partial charge >= 0.3 is 0 Å². The van der Waals surface area contributed by atoms with Crippen molar-refractivity contribution in [2.75, 3.05) is 11.9 Å². The molecule has 0 radical (unpaired) electrons. The van der Waals surface area contributed by atoms with Gasteiger partial charge in [0.1, 0.15) is 5.82 Å². The van der Waals surface area contributed by atoms with Crippen molar-refractivity contribution in [3.63, 3.8) is 0 Å². The predicted molar refractivity (Wildman–Crippen MR) is 77.1 cm³/mol. The topological polar surface area (TPSA) is 3.24 Å². The molecule has 0 fully saturated rings. The number of benzene rings is 1. The van der Waals surface area contributed by atoms with E-state index in [1.54, 1.807) is 12.1 Å². The lowest BCUT2D eigenvalue weighted by molar-refractivity contribution is 0.628. The second-order valence-electron chi connectivity index (χ2n) is 4.60. The van der Waals surface area contributed by atoms with Crippen molar-refractivity contribution < 1.29 is 4.39 Å². The molecular weight excluding hydrogens is 225 g/mol. The van der Waals surface area contributed by atoms with Crippen LogP contribution in [0.2, 0.25) is 0 Å². The minimum atomic E-state index is -0.219. The average Bonchev–Trinajstić information content (AvgIpc) is 2.29. The van der Waals surface area contributed by atoms with Crippen LogP contribution >= 0.6 is 0 Å². The van der Waals surface area contributed by atoms with E-state index in [1.807, 2.05) is 31.0 Å². The lowest BCUT2D eigenvalue weighted by Gasteiger charge is -2.22. The van der Waals surface area contributed by atoms with Crippen molar-refractivity contribution in [1.82, 2.24) is 0 Å². The summed E-state index contributed by atoms with van der Waals surface area (Å²) in [7, 11) is 1.97. The first-order chi connectivity index (χ1) is 8.41. The van der Waals surface area contributed by atoms with Crippen molar-refractivity contribution >= 4 is 5.69 Å². The fourth-order valence-electron chi connectivity index (χ4n) is 1.64. The van der Waals surface area contributed by atoms with E-state index in [2.05, 4.69) is 20.4 Å². The lowest BCUT2D eigenvalue weighted by atomic mass is 10.1. The molecule has 1 rings (SSSR count). The van der Waals surface area contributed by atoms with Crippen LogP contribution in [0.25, 0.3) is 0 Å². The van der Waals surface area contributed by atoms with Gasteiger partial charge in [-0.25, -0.2) is 4.39 Å². The van der Waals surface area contributed by atoms with Gasteiger partial charge in [-0.05, 0) is 51.1 Å². The monoisotopic (exact) mass is 245 g/mol. The van der Waals surface area contributed by atoms with E-state index in [0.29, 0.717) is 0 Å².